The van der Waals surface area contributed by atoms with Gasteiger partial charge in [-0.15, -0.1) is 0 Å². The predicted molar refractivity (Wildman–Crippen MR) is 76.6 cm³/mol. The Morgan fingerprint density at radius 2 is 2.14 bits per heavy atom. The third-order valence-electron chi connectivity index (χ3n) is 2.88. The first-order valence-electron chi connectivity index (χ1n) is 6.04. The van der Waals surface area contributed by atoms with E-state index < -0.39 is 24.1 Å². The Morgan fingerprint density at radius 3 is 2.68 bits per heavy atom. The van der Waals surface area contributed by atoms with Gasteiger partial charge >= 0.3 is 6.61 Å². The first-order valence-corrected chi connectivity index (χ1v) is 6.83. The number of hydrogen-bond donors (Lipinski definition) is 1. The van der Waals surface area contributed by atoms with Crippen molar-refractivity contribution in [3.63, 3.8) is 0 Å². The number of carbonyl (C=O) groups is 1. The molecule has 1 N–H and O–H groups in total. The Balaban J connectivity index is 2.30. The number of benzene rings is 1. The van der Waals surface area contributed by atoms with E-state index in [4.69, 9.17) is 0 Å². The van der Waals surface area contributed by atoms with E-state index in [9.17, 15) is 18.0 Å². The van der Waals surface area contributed by atoms with Crippen molar-refractivity contribution in [2.45, 2.75) is 13.5 Å². The second-order valence-electron chi connectivity index (χ2n) is 4.34. The van der Waals surface area contributed by atoms with Crippen LogP contribution in [0.5, 0.6) is 5.75 Å². The van der Waals surface area contributed by atoms with Crippen molar-refractivity contribution in [3.05, 3.63) is 39.9 Å². The third-order valence-corrected chi connectivity index (χ3v) is 3.83. The van der Waals surface area contributed by atoms with Gasteiger partial charge in [0.25, 0.3) is 5.91 Å². The average Bonchev–Trinajstić information content (AvgIpc) is 2.69. The summed E-state index contributed by atoms with van der Waals surface area (Å²) >= 11 is 3.23. The predicted octanol–water partition coefficient (Wildman–Crippen LogP) is 3.48. The number of aryl methyl sites for hydroxylation is 1. The van der Waals surface area contributed by atoms with E-state index in [0.717, 1.165) is 18.2 Å². The standard InChI is InChI=1S/C13H11BrF3N3O2/c1-6-10(14)11(19-20(6)2)12(21)18-8-4-3-7(15)5-9(8)22-13(16)17/h3-5,13H,1-2H3,(H,18,21). The molecule has 0 radical (unpaired) electrons. The van der Waals surface area contributed by atoms with Crippen molar-refractivity contribution in [1.29, 1.82) is 0 Å². The Hall–Kier alpha value is -2.03. The van der Waals surface area contributed by atoms with E-state index in [2.05, 4.69) is 31.1 Å². The molecule has 0 unspecified atom stereocenters. The molecule has 0 saturated carbocycles. The van der Waals surface area contributed by atoms with E-state index in [1.54, 1.807) is 14.0 Å². The smallest absolute Gasteiger partial charge is 0.387 e. The molecule has 1 aromatic carbocycles. The Kier molecular flexibility index (Phi) is 4.74. The second-order valence-corrected chi connectivity index (χ2v) is 5.14. The van der Waals surface area contributed by atoms with Gasteiger partial charge in [0.1, 0.15) is 5.82 Å². The summed E-state index contributed by atoms with van der Waals surface area (Å²) in [5.74, 6) is -1.86. The highest BCUT2D eigenvalue weighted by Gasteiger charge is 2.20. The summed E-state index contributed by atoms with van der Waals surface area (Å²) in [7, 11) is 1.65. The van der Waals surface area contributed by atoms with Crippen LogP contribution in [-0.2, 0) is 7.05 Å². The summed E-state index contributed by atoms with van der Waals surface area (Å²) in [6.45, 7) is -1.39. The normalized spacial score (nSPS) is 10.9. The van der Waals surface area contributed by atoms with Gasteiger partial charge in [0, 0.05) is 13.1 Å². The number of ether oxygens (including phenoxy) is 1. The summed E-state index contributed by atoms with van der Waals surface area (Å²) in [5, 5.41) is 6.38. The van der Waals surface area contributed by atoms with Gasteiger partial charge in [0.15, 0.2) is 11.4 Å². The molecular formula is C13H11BrF3N3O2. The zero-order valence-electron chi connectivity index (χ0n) is 11.5. The van der Waals surface area contributed by atoms with Crippen LogP contribution in [0.25, 0.3) is 0 Å². The number of aromatic nitrogens is 2. The summed E-state index contributed by atoms with van der Waals surface area (Å²) in [4.78, 5) is 12.2. The molecule has 0 saturated heterocycles. The molecule has 1 aromatic heterocycles. The maximum atomic E-state index is 13.1. The highest BCUT2D eigenvalue weighted by atomic mass is 79.9. The van der Waals surface area contributed by atoms with Crippen LogP contribution in [0.4, 0.5) is 18.9 Å². The maximum Gasteiger partial charge on any atom is 0.387 e. The average molecular weight is 378 g/mol. The number of nitrogens with zero attached hydrogens (tertiary/aromatic N) is 2. The van der Waals surface area contributed by atoms with Crippen LogP contribution in [0.1, 0.15) is 16.2 Å². The molecule has 1 amide bonds. The lowest BCUT2D eigenvalue weighted by molar-refractivity contribution is -0.0495. The highest BCUT2D eigenvalue weighted by molar-refractivity contribution is 9.10. The molecule has 0 fully saturated rings. The number of rotatable bonds is 4. The summed E-state index contributed by atoms with van der Waals surface area (Å²) in [5.41, 5.74) is 0.711. The number of nitrogens with one attached hydrogen (secondary N) is 1. The second kappa shape index (κ2) is 6.39. The van der Waals surface area contributed by atoms with Crippen LogP contribution in [0.15, 0.2) is 22.7 Å². The molecule has 0 bridgehead atoms. The Labute approximate surface area is 132 Å². The lowest BCUT2D eigenvalue weighted by Crippen LogP contribution is -2.15. The molecule has 118 valence electrons. The van der Waals surface area contributed by atoms with Crippen LogP contribution in [0, 0.1) is 12.7 Å². The zero-order chi connectivity index (χ0) is 16.4. The van der Waals surface area contributed by atoms with Gasteiger partial charge < -0.3 is 10.1 Å². The van der Waals surface area contributed by atoms with Crippen molar-refractivity contribution in [2.24, 2.45) is 7.05 Å². The zero-order valence-corrected chi connectivity index (χ0v) is 13.1. The van der Waals surface area contributed by atoms with Crippen molar-refractivity contribution in [2.75, 3.05) is 5.32 Å². The number of hydrogen-bond acceptors (Lipinski definition) is 3. The largest absolute Gasteiger partial charge is 0.432 e. The van der Waals surface area contributed by atoms with E-state index >= 15 is 0 Å². The van der Waals surface area contributed by atoms with Gasteiger partial charge in [0.2, 0.25) is 0 Å². The minimum absolute atomic E-state index is 0.0762. The lowest BCUT2D eigenvalue weighted by Gasteiger charge is -2.11. The van der Waals surface area contributed by atoms with Crippen LogP contribution in [0.3, 0.4) is 0 Å². The highest BCUT2D eigenvalue weighted by Crippen LogP contribution is 2.28. The fraction of sp³-hybridized carbons (Fsp3) is 0.231. The summed E-state index contributed by atoms with van der Waals surface area (Å²) in [6.07, 6.45) is 0. The van der Waals surface area contributed by atoms with Crippen LogP contribution < -0.4 is 10.1 Å². The van der Waals surface area contributed by atoms with Gasteiger partial charge in [-0.1, -0.05) is 0 Å². The van der Waals surface area contributed by atoms with E-state index in [1.807, 2.05) is 0 Å². The topological polar surface area (TPSA) is 56.1 Å². The van der Waals surface area contributed by atoms with Crippen molar-refractivity contribution >= 4 is 27.5 Å². The molecule has 1 heterocycles. The molecule has 0 spiro atoms. The monoisotopic (exact) mass is 377 g/mol. The minimum Gasteiger partial charge on any atom is -0.432 e. The Bertz CT molecular complexity index is 719. The lowest BCUT2D eigenvalue weighted by atomic mass is 10.2. The van der Waals surface area contributed by atoms with E-state index in [-0.39, 0.29) is 11.4 Å². The molecule has 0 aliphatic rings. The van der Waals surface area contributed by atoms with Gasteiger partial charge in [-0.25, -0.2) is 4.39 Å². The first kappa shape index (κ1) is 16.3. The van der Waals surface area contributed by atoms with Crippen molar-refractivity contribution in [3.8, 4) is 5.75 Å². The SMILES string of the molecule is Cc1c(Br)c(C(=O)Nc2ccc(F)cc2OC(F)F)nn1C. The van der Waals surface area contributed by atoms with E-state index in [0.29, 0.717) is 10.2 Å². The fourth-order valence-corrected chi connectivity index (χ4v) is 2.22. The number of amides is 1. The Morgan fingerprint density at radius 1 is 1.45 bits per heavy atom. The molecule has 2 rings (SSSR count). The first-order chi connectivity index (χ1) is 10.3. The van der Waals surface area contributed by atoms with Crippen molar-refractivity contribution in [1.82, 2.24) is 9.78 Å². The van der Waals surface area contributed by atoms with E-state index in [1.165, 1.54) is 4.68 Å². The number of carbonyl (C=O) groups excluding carboxylic acids is 1. The molecular weight excluding hydrogens is 367 g/mol. The van der Waals surface area contributed by atoms with Gasteiger partial charge in [-0.3, -0.25) is 9.48 Å². The fourth-order valence-electron chi connectivity index (χ4n) is 1.70. The molecule has 0 atom stereocenters. The maximum absolute atomic E-state index is 13.1. The van der Waals surface area contributed by atoms with Crippen LogP contribution in [0.2, 0.25) is 0 Å². The van der Waals surface area contributed by atoms with Gasteiger partial charge in [-0.05, 0) is 35.0 Å². The van der Waals surface area contributed by atoms with Gasteiger partial charge in [0.05, 0.1) is 15.9 Å². The minimum atomic E-state index is -3.14. The molecule has 0 aliphatic carbocycles. The number of halogens is 4. The molecule has 9 heteroatoms. The van der Waals surface area contributed by atoms with Crippen molar-refractivity contribution < 1.29 is 22.7 Å². The number of alkyl halides is 2. The molecule has 2 aromatic rings. The van der Waals surface area contributed by atoms with Crippen LogP contribution >= 0.6 is 15.9 Å². The van der Waals surface area contributed by atoms with Crippen LogP contribution in [-0.4, -0.2) is 22.3 Å². The number of anilines is 1. The molecule has 22 heavy (non-hydrogen) atoms. The van der Waals surface area contributed by atoms with Gasteiger partial charge in [-0.2, -0.15) is 13.9 Å². The molecule has 5 nitrogen and oxygen atoms in total. The molecule has 0 aliphatic heterocycles. The quantitative estimate of drug-likeness (QED) is 0.887. The summed E-state index contributed by atoms with van der Waals surface area (Å²) in [6, 6.07) is 2.92. The third kappa shape index (κ3) is 3.41. The summed E-state index contributed by atoms with van der Waals surface area (Å²) < 4.78 is 43.9.